The number of carbonyl (C=O) groups excluding carboxylic acids is 1. The highest BCUT2D eigenvalue weighted by Gasteiger charge is 2.38. The van der Waals surface area contributed by atoms with Crippen LogP contribution in [0.25, 0.3) is 0 Å². The van der Waals surface area contributed by atoms with Crippen molar-refractivity contribution in [3.8, 4) is 0 Å². The van der Waals surface area contributed by atoms with Crippen LogP contribution >= 0.6 is 22.9 Å². The lowest BCUT2D eigenvalue weighted by molar-refractivity contribution is 0.0606. The molecule has 3 rings (SSSR count). The highest BCUT2D eigenvalue weighted by molar-refractivity contribution is 7.18. The topological polar surface area (TPSA) is 51.2 Å². The van der Waals surface area contributed by atoms with Crippen LogP contribution in [-0.2, 0) is 10.2 Å². The van der Waals surface area contributed by atoms with Crippen LogP contribution < -0.4 is 5.32 Å². The Morgan fingerprint density at radius 2 is 2.13 bits per heavy atom. The van der Waals surface area contributed by atoms with E-state index < -0.39 is 5.97 Å². The summed E-state index contributed by atoms with van der Waals surface area (Å²) in [5.74, 6) is -0.719. The van der Waals surface area contributed by atoms with Crippen LogP contribution in [0.15, 0.2) is 24.3 Å². The zero-order valence-electron chi connectivity index (χ0n) is 12.6. The van der Waals surface area contributed by atoms with Gasteiger partial charge in [0.15, 0.2) is 15.2 Å². The highest BCUT2D eigenvalue weighted by atomic mass is 35.5. The van der Waals surface area contributed by atoms with Gasteiger partial charge in [-0.1, -0.05) is 41.5 Å². The van der Waals surface area contributed by atoms with Crippen LogP contribution in [0.3, 0.4) is 0 Å². The van der Waals surface area contributed by atoms with Crippen molar-refractivity contribution in [1.29, 1.82) is 0 Å². The molecule has 4 nitrogen and oxygen atoms in total. The third-order valence-electron chi connectivity index (χ3n) is 4.30. The summed E-state index contributed by atoms with van der Waals surface area (Å²) in [6.07, 6.45) is 3.22. The summed E-state index contributed by atoms with van der Waals surface area (Å²) in [7, 11) is 1.31. The molecule has 7 heteroatoms. The minimum absolute atomic E-state index is 0.0166. The van der Waals surface area contributed by atoms with E-state index in [1.165, 1.54) is 30.6 Å². The van der Waals surface area contributed by atoms with Crippen molar-refractivity contribution >= 4 is 34.0 Å². The highest BCUT2D eigenvalue weighted by Crippen LogP contribution is 2.44. The van der Waals surface area contributed by atoms with E-state index in [9.17, 15) is 9.18 Å². The molecule has 1 aliphatic carbocycles. The number of nitrogens with zero attached hydrogens (tertiary/aromatic N) is 1. The van der Waals surface area contributed by atoms with Crippen LogP contribution in [0.2, 0.25) is 5.15 Å². The van der Waals surface area contributed by atoms with Crippen molar-refractivity contribution in [2.24, 2.45) is 0 Å². The van der Waals surface area contributed by atoms with Crippen LogP contribution in [0, 0.1) is 5.82 Å². The molecule has 1 N–H and O–H groups in total. The third kappa shape index (κ3) is 3.19. The molecule has 0 spiro atoms. The molecular formula is C16H16ClFN2O2S. The van der Waals surface area contributed by atoms with Gasteiger partial charge in [0, 0.05) is 12.0 Å². The van der Waals surface area contributed by atoms with E-state index in [1.807, 2.05) is 12.1 Å². The van der Waals surface area contributed by atoms with Gasteiger partial charge in [-0.15, -0.1) is 0 Å². The molecular weight excluding hydrogens is 339 g/mol. The minimum Gasteiger partial charge on any atom is -0.465 e. The van der Waals surface area contributed by atoms with E-state index >= 15 is 0 Å². The number of benzene rings is 1. The summed E-state index contributed by atoms with van der Waals surface area (Å²) in [5, 5.41) is 4.00. The van der Waals surface area contributed by atoms with Gasteiger partial charge in [-0.25, -0.2) is 14.2 Å². The molecule has 0 bridgehead atoms. The number of rotatable bonds is 5. The Morgan fingerprint density at radius 3 is 2.70 bits per heavy atom. The average Bonchev–Trinajstić information content (AvgIpc) is 2.88. The lowest BCUT2D eigenvalue weighted by atomic mass is 9.64. The normalized spacial score (nSPS) is 15.8. The molecule has 0 saturated heterocycles. The Morgan fingerprint density at radius 1 is 1.43 bits per heavy atom. The number of aromatic nitrogens is 1. The molecule has 1 aromatic heterocycles. The first kappa shape index (κ1) is 16.2. The fourth-order valence-corrected chi connectivity index (χ4v) is 3.91. The molecule has 0 radical (unpaired) electrons. The number of hydrogen-bond acceptors (Lipinski definition) is 5. The largest absolute Gasteiger partial charge is 0.465 e. The molecule has 0 atom stereocenters. The molecule has 0 aliphatic heterocycles. The van der Waals surface area contributed by atoms with Gasteiger partial charge in [0.25, 0.3) is 0 Å². The maximum atomic E-state index is 13.1. The summed E-state index contributed by atoms with van der Waals surface area (Å²) < 4.78 is 17.8. The SMILES string of the molecule is COC(=O)c1sc(NCC2(c3ccc(F)cc3)CCC2)nc1Cl. The zero-order valence-corrected chi connectivity index (χ0v) is 14.1. The zero-order chi connectivity index (χ0) is 16.4. The summed E-state index contributed by atoms with van der Waals surface area (Å²) >= 11 is 7.14. The molecule has 1 aliphatic rings. The first-order valence-electron chi connectivity index (χ1n) is 7.29. The molecule has 1 saturated carbocycles. The van der Waals surface area contributed by atoms with Crippen molar-refractivity contribution in [2.45, 2.75) is 24.7 Å². The van der Waals surface area contributed by atoms with Crippen LogP contribution in [-0.4, -0.2) is 24.6 Å². The number of halogens is 2. The van der Waals surface area contributed by atoms with E-state index in [-0.39, 0.29) is 16.4 Å². The van der Waals surface area contributed by atoms with E-state index in [2.05, 4.69) is 15.0 Å². The Kier molecular flexibility index (Phi) is 4.55. The molecule has 1 fully saturated rings. The Balaban J connectivity index is 1.74. The van der Waals surface area contributed by atoms with Gasteiger partial charge >= 0.3 is 5.97 Å². The number of anilines is 1. The van der Waals surface area contributed by atoms with Crippen molar-refractivity contribution in [1.82, 2.24) is 4.98 Å². The van der Waals surface area contributed by atoms with Crippen LogP contribution in [0.1, 0.15) is 34.5 Å². The smallest absolute Gasteiger partial charge is 0.351 e. The first-order valence-corrected chi connectivity index (χ1v) is 8.48. The monoisotopic (exact) mass is 354 g/mol. The lowest BCUT2D eigenvalue weighted by Crippen LogP contribution is -2.40. The number of ether oxygens (including phenoxy) is 1. The molecule has 23 heavy (non-hydrogen) atoms. The van der Waals surface area contributed by atoms with Gasteiger partial charge in [-0.2, -0.15) is 0 Å². The molecule has 1 heterocycles. The van der Waals surface area contributed by atoms with Crippen molar-refractivity contribution in [3.05, 3.63) is 45.7 Å². The Bertz CT molecular complexity index is 713. The van der Waals surface area contributed by atoms with Gasteiger partial charge < -0.3 is 10.1 Å². The maximum absolute atomic E-state index is 13.1. The van der Waals surface area contributed by atoms with Crippen molar-refractivity contribution < 1.29 is 13.9 Å². The molecule has 122 valence electrons. The second-order valence-corrected chi connectivity index (χ2v) is 6.98. The fraction of sp³-hybridized carbons (Fsp3) is 0.375. The molecule has 1 aromatic carbocycles. The molecule has 0 amide bonds. The third-order valence-corrected chi connectivity index (χ3v) is 5.68. The predicted octanol–water partition coefficient (Wildman–Crippen LogP) is 4.26. The van der Waals surface area contributed by atoms with Crippen LogP contribution in [0.5, 0.6) is 0 Å². The van der Waals surface area contributed by atoms with Gasteiger partial charge in [0.1, 0.15) is 5.82 Å². The molecule has 2 aromatic rings. The van der Waals surface area contributed by atoms with E-state index in [4.69, 9.17) is 11.6 Å². The number of thiazole rings is 1. The standard InChI is InChI=1S/C16H16ClFN2O2S/c1-22-14(21)12-13(17)20-15(23-12)19-9-16(7-2-8-16)10-3-5-11(18)6-4-10/h3-6H,2,7-9H2,1H3,(H,19,20). The Labute approximate surface area is 142 Å². The number of nitrogens with one attached hydrogen (secondary N) is 1. The first-order chi connectivity index (χ1) is 11.0. The lowest BCUT2D eigenvalue weighted by Gasteiger charge is -2.42. The summed E-state index contributed by atoms with van der Waals surface area (Å²) in [6.45, 7) is 0.670. The summed E-state index contributed by atoms with van der Waals surface area (Å²) in [4.78, 5) is 16.0. The van der Waals surface area contributed by atoms with Crippen molar-refractivity contribution in [3.63, 3.8) is 0 Å². The predicted molar refractivity (Wildman–Crippen MR) is 88.9 cm³/mol. The van der Waals surface area contributed by atoms with Crippen molar-refractivity contribution in [2.75, 3.05) is 19.0 Å². The summed E-state index contributed by atoms with van der Waals surface area (Å²) in [6, 6.07) is 6.66. The maximum Gasteiger partial charge on any atom is 0.351 e. The second kappa shape index (κ2) is 6.45. The van der Waals surface area contributed by atoms with E-state index in [1.54, 1.807) is 0 Å². The summed E-state index contributed by atoms with van der Waals surface area (Å²) in [5.41, 5.74) is 1.10. The molecule has 0 unspecified atom stereocenters. The average molecular weight is 355 g/mol. The second-order valence-electron chi connectivity index (χ2n) is 5.62. The quantitative estimate of drug-likeness (QED) is 0.815. The minimum atomic E-state index is -0.488. The van der Waals surface area contributed by atoms with E-state index in [0.717, 1.165) is 24.8 Å². The number of esters is 1. The van der Waals surface area contributed by atoms with Gasteiger partial charge in [0.2, 0.25) is 0 Å². The Hall–Kier alpha value is -1.66. The number of carbonyl (C=O) groups is 1. The van der Waals surface area contributed by atoms with Gasteiger partial charge in [-0.3, -0.25) is 0 Å². The fourth-order valence-electron chi connectivity index (χ4n) is 2.82. The van der Waals surface area contributed by atoms with Gasteiger partial charge in [0.05, 0.1) is 7.11 Å². The van der Waals surface area contributed by atoms with Gasteiger partial charge in [-0.05, 0) is 30.5 Å². The number of methoxy groups -OCH3 is 1. The van der Waals surface area contributed by atoms with E-state index in [0.29, 0.717) is 16.6 Å². The van der Waals surface area contributed by atoms with Crippen LogP contribution in [0.4, 0.5) is 9.52 Å². The number of hydrogen-bond donors (Lipinski definition) is 1.